The molecule has 0 spiro atoms. The topological polar surface area (TPSA) is 0 Å². The van der Waals surface area contributed by atoms with Gasteiger partial charge in [-0.3, -0.25) is 0 Å². The van der Waals surface area contributed by atoms with E-state index in [2.05, 4.69) is 53.9 Å². The minimum Gasteiger partial charge on any atom is -0.0947 e. The average molecular weight is 292 g/mol. The van der Waals surface area contributed by atoms with E-state index < -0.39 is 0 Å². The van der Waals surface area contributed by atoms with Crippen LogP contribution in [0.4, 0.5) is 0 Å². The molecular weight excluding hydrogens is 259 g/mol. The normalized spacial score (nSPS) is 19.6. The van der Waals surface area contributed by atoms with Crippen molar-refractivity contribution in [2.45, 2.75) is 66.7 Å². The number of allylic oxidation sites excluding steroid dienone is 5. The summed E-state index contributed by atoms with van der Waals surface area (Å²) < 4.78 is 0. The van der Waals surface area contributed by atoms with Gasteiger partial charge in [0.05, 0.1) is 0 Å². The van der Waals surface area contributed by atoms with E-state index in [0.717, 1.165) is 18.3 Å². The Morgan fingerprint density at radius 2 is 1.85 bits per heavy atom. The smallest absolute Gasteiger partial charge is 0.00682 e. The van der Waals surface area contributed by atoms with Gasteiger partial charge in [-0.15, -0.1) is 0 Å². The number of rotatable bonds is 7. The fourth-order valence-corrected chi connectivity index (χ4v) is 4.42. The van der Waals surface area contributed by atoms with Crippen molar-refractivity contribution in [3.05, 3.63) is 34.4 Å². The summed E-state index contributed by atoms with van der Waals surface area (Å²) in [5, 5.41) is 3.03. The van der Waals surface area contributed by atoms with Gasteiger partial charge in [0.1, 0.15) is 0 Å². The monoisotopic (exact) mass is 292 g/mol. The largest absolute Gasteiger partial charge is 0.0947 e. The molecule has 0 aromatic heterocycles. The van der Waals surface area contributed by atoms with Gasteiger partial charge in [-0.05, 0) is 75.6 Å². The van der Waals surface area contributed by atoms with Crippen molar-refractivity contribution in [1.29, 1.82) is 0 Å². The van der Waals surface area contributed by atoms with Gasteiger partial charge in [0, 0.05) is 0 Å². The SMILES string of the molecule is C=C(C/C(C)=C\C1CCC1)P(C)/C(C)=C(/C)CC(C)C. The molecule has 1 unspecified atom stereocenters. The zero-order chi connectivity index (χ0) is 15.3. The Bertz CT molecular complexity index is 394. The second kappa shape index (κ2) is 8.18. The Kier molecular flexibility index (Phi) is 7.24. The van der Waals surface area contributed by atoms with E-state index in [1.54, 1.807) is 10.9 Å². The van der Waals surface area contributed by atoms with Gasteiger partial charge in [0.15, 0.2) is 0 Å². The van der Waals surface area contributed by atoms with Crippen molar-refractivity contribution in [1.82, 2.24) is 0 Å². The van der Waals surface area contributed by atoms with Crippen LogP contribution in [0.1, 0.15) is 66.7 Å². The molecule has 0 aromatic rings. The summed E-state index contributed by atoms with van der Waals surface area (Å²) >= 11 is 0. The van der Waals surface area contributed by atoms with Crippen LogP contribution in [0, 0.1) is 11.8 Å². The molecule has 0 radical (unpaired) electrons. The first-order chi connectivity index (χ1) is 9.31. The highest BCUT2D eigenvalue weighted by Gasteiger charge is 2.16. The molecule has 0 aromatic carbocycles. The van der Waals surface area contributed by atoms with Crippen LogP contribution in [-0.2, 0) is 0 Å². The highest BCUT2D eigenvalue weighted by molar-refractivity contribution is 7.65. The van der Waals surface area contributed by atoms with Gasteiger partial charge in [-0.2, -0.15) is 0 Å². The molecule has 20 heavy (non-hydrogen) atoms. The van der Waals surface area contributed by atoms with Crippen molar-refractivity contribution in [3.8, 4) is 0 Å². The maximum atomic E-state index is 4.38. The third-order valence-corrected chi connectivity index (χ3v) is 6.96. The molecule has 0 amide bonds. The number of hydrogen-bond acceptors (Lipinski definition) is 0. The van der Waals surface area contributed by atoms with Crippen LogP contribution in [0.15, 0.2) is 34.4 Å². The summed E-state index contributed by atoms with van der Waals surface area (Å²) in [6.07, 6.45) is 9.05. The third kappa shape index (κ3) is 5.57. The average Bonchev–Trinajstić information content (AvgIpc) is 2.31. The van der Waals surface area contributed by atoms with Crippen LogP contribution in [0.25, 0.3) is 0 Å². The lowest BCUT2D eigenvalue weighted by Crippen LogP contribution is -2.08. The standard InChI is InChI=1S/C19H33P/c1-14(2)11-16(4)18(6)20(7)17(5)12-15(3)13-19-9-8-10-19/h13-14,19H,5,8-12H2,1-4,6-7H3/b15-13-,18-16-. The zero-order valence-electron chi connectivity index (χ0n) is 14.4. The van der Waals surface area contributed by atoms with E-state index in [4.69, 9.17) is 0 Å². The van der Waals surface area contributed by atoms with Gasteiger partial charge in [-0.25, -0.2) is 0 Å². The van der Waals surface area contributed by atoms with Gasteiger partial charge in [0.25, 0.3) is 0 Å². The molecule has 0 bridgehead atoms. The molecule has 114 valence electrons. The zero-order valence-corrected chi connectivity index (χ0v) is 15.3. The van der Waals surface area contributed by atoms with Crippen molar-refractivity contribution in [2.75, 3.05) is 6.66 Å². The molecule has 1 saturated carbocycles. The quantitative estimate of drug-likeness (QED) is 0.347. The molecule has 1 aliphatic carbocycles. The first kappa shape index (κ1) is 17.7. The molecule has 0 saturated heterocycles. The molecule has 1 rings (SSSR count). The summed E-state index contributed by atoms with van der Waals surface area (Å²) in [7, 11) is -0.172. The summed E-state index contributed by atoms with van der Waals surface area (Å²) in [6, 6.07) is 0. The predicted molar refractivity (Wildman–Crippen MR) is 95.5 cm³/mol. The van der Waals surface area contributed by atoms with E-state index in [1.807, 2.05) is 0 Å². The lowest BCUT2D eigenvalue weighted by Gasteiger charge is -2.24. The molecule has 1 atom stereocenters. The fourth-order valence-electron chi connectivity index (χ4n) is 2.79. The Balaban J connectivity index is 2.59. The second-order valence-corrected chi connectivity index (χ2v) is 9.39. The van der Waals surface area contributed by atoms with E-state index in [9.17, 15) is 0 Å². The lowest BCUT2D eigenvalue weighted by atomic mass is 9.84. The fraction of sp³-hybridized carbons (Fsp3) is 0.684. The van der Waals surface area contributed by atoms with Crippen molar-refractivity contribution >= 4 is 7.92 Å². The van der Waals surface area contributed by atoms with E-state index in [1.165, 1.54) is 36.6 Å². The van der Waals surface area contributed by atoms with E-state index in [-0.39, 0.29) is 7.92 Å². The summed E-state index contributed by atoms with van der Waals surface area (Å²) in [4.78, 5) is 0. The van der Waals surface area contributed by atoms with Crippen LogP contribution in [0.3, 0.4) is 0 Å². The van der Waals surface area contributed by atoms with Gasteiger partial charge in [0.2, 0.25) is 0 Å². The molecule has 1 heteroatoms. The van der Waals surface area contributed by atoms with E-state index in [0.29, 0.717) is 0 Å². The van der Waals surface area contributed by atoms with Gasteiger partial charge < -0.3 is 0 Å². The van der Waals surface area contributed by atoms with Crippen LogP contribution < -0.4 is 0 Å². The summed E-state index contributed by atoms with van der Waals surface area (Å²) in [5.74, 6) is 1.62. The van der Waals surface area contributed by atoms with Crippen LogP contribution in [0.2, 0.25) is 0 Å². The molecule has 1 fully saturated rings. The Morgan fingerprint density at radius 3 is 2.30 bits per heavy atom. The maximum absolute atomic E-state index is 4.38. The number of hydrogen-bond donors (Lipinski definition) is 0. The highest BCUT2D eigenvalue weighted by atomic mass is 31.1. The van der Waals surface area contributed by atoms with Crippen molar-refractivity contribution in [2.24, 2.45) is 11.8 Å². The predicted octanol–water partition coefficient (Wildman–Crippen LogP) is 7.09. The Hall–Kier alpha value is -0.350. The molecular formula is C19H33P. The third-order valence-electron chi connectivity index (χ3n) is 4.46. The second-order valence-electron chi connectivity index (χ2n) is 6.97. The highest BCUT2D eigenvalue weighted by Crippen LogP contribution is 2.52. The first-order valence-corrected chi connectivity index (χ1v) is 9.85. The molecule has 1 aliphatic rings. The minimum atomic E-state index is -0.172. The molecule has 0 aliphatic heterocycles. The van der Waals surface area contributed by atoms with E-state index >= 15 is 0 Å². The maximum Gasteiger partial charge on any atom is -0.00682 e. The van der Waals surface area contributed by atoms with Gasteiger partial charge in [-0.1, -0.05) is 52.0 Å². The molecule has 0 N–H and O–H groups in total. The molecule has 0 heterocycles. The lowest BCUT2D eigenvalue weighted by molar-refractivity contribution is 0.385. The van der Waals surface area contributed by atoms with Crippen molar-refractivity contribution in [3.63, 3.8) is 0 Å². The first-order valence-electron chi connectivity index (χ1n) is 8.06. The van der Waals surface area contributed by atoms with Crippen LogP contribution in [-0.4, -0.2) is 6.66 Å². The Labute approximate surface area is 128 Å². The summed E-state index contributed by atoms with van der Waals surface area (Å²) in [6.45, 7) is 18.3. The van der Waals surface area contributed by atoms with Crippen LogP contribution in [0.5, 0.6) is 0 Å². The van der Waals surface area contributed by atoms with Crippen molar-refractivity contribution < 1.29 is 0 Å². The van der Waals surface area contributed by atoms with Crippen LogP contribution >= 0.6 is 7.92 Å². The minimum absolute atomic E-state index is 0.172. The van der Waals surface area contributed by atoms with Gasteiger partial charge >= 0.3 is 0 Å². The Morgan fingerprint density at radius 1 is 1.25 bits per heavy atom. The molecule has 0 nitrogen and oxygen atoms in total. The summed E-state index contributed by atoms with van der Waals surface area (Å²) in [5.41, 5.74) is 3.11.